The maximum Gasteiger partial charge on any atom is 0.311 e. The van der Waals surface area contributed by atoms with Crippen molar-refractivity contribution in [3.8, 4) is 5.75 Å². The van der Waals surface area contributed by atoms with Gasteiger partial charge in [0.25, 0.3) is 0 Å². The van der Waals surface area contributed by atoms with E-state index in [0.717, 1.165) is 16.8 Å². The van der Waals surface area contributed by atoms with Crippen molar-refractivity contribution >= 4 is 23.3 Å². The molecule has 0 N–H and O–H groups in total. The summed E-state index contributed by atoms with van der Waals surface area (Å²) in [5.74, 6) is -0.527. The van der Waals surface area contributed by atoms with Crippen LogP contribution in [0.15, 0.2) is 36.4 Å². The molecule has 0 radical (unpaired) electrons. The predicted octanol–water partition coefficient (Wildman–Crippen LogP) is 4.00. The Morgan fingerprint density at radius 1 is 1.17 bits per heavy atom. The zero-order chi connectivity index (χ0) is 21.8. The molecule has 1 heterocycles. The maximum atomic E-state index is 12.7. The molecule has 0 aromatic heterocycles. The van der Waals surface area contributed by atoms with Gasteiger partial charge in [-0.3, -0.25) is 14.4 Å². The Balaban J connectivity index is 1.70. The van der Waals surface area contributed by atoms with Crippen molar-refractivity contribution in [3.05, 3.63) is 58.7 Å². The van der Waals surface area contributed by atoms with Gasteiger partial charge in [0.1, 0.15) is 12.4 Å². The highest BCUT2D eigenvalue weighted by molar-refractivity contribution is 6.00. The lowest BCUT2D eigenvalue weighted by Crippen LogP contribution is -2.27. The van der Waals surface area contributed by atoms with Crippen LogP contribution in [0.25, 0.3) is 0 Å². The first-order valence-electron chi connectivity index (χ1n) is 10.1. The number of nitrogens with zero attached hydrogens (tertiary/aromatic N) is 1. The molecule has 0 spiro atoms. The number of amides is 1. The van der Waals surface area contributed by atoms with Gasteiger partial charge in [-0.05, 0) is 63.1 Å². The average Bonchev–Trinajstić information content (AvgIpc) is 3.10. The molecule has 2 aromatic rings. The minimum atomic E-state index is -0.524. The molecular formula is C24H27NO5. The summed E-state index contributed by atoms with van der Waals surface area (Å²) in [7, 11) is 0. The molecule has 1 fully saturated rings. The molecule has 6 nitrogen and oxygen atoms in total. The molecule has 0 unspecified atom stereocenters. The quantitative estimate of drug-likeness (QED) is 0.510. The molecule has 1 aliphatic heterocycles. The lowest BCUT2D eigenvalue weighted by Gasteiger charge is -2.20. The Hall–Kier alpha value is -3.15. The summed E-state index contributed by atoms with van der Waals surface area (Å²) in [6, 6.07) is 10.9. The number of anilines is 1. The van der Waals surface area contributed by atoms with Crippen molar-refractivity contribution in [3.63, 3.8) is 0 Å². The number of ether oxygens (including phenoxy) is 2. The summed E-state index contributed by atoms with van der Waals surface area (Å²) in [6.45, 7) is 8.06. The van der Waals surface area contributed by atoms with Gasteiger partial charge in [-0.25, -0.2) is 0 Å². The lowest BCUT2D eigenvalue weighted by molar-refractivity contribution is -0.149. The van der Waals surface area contributed by atoms with Gasteiger partial charge in [-0.2, -0.15) is 0 Å². The normalized spacial score (nSPS) is 15.9. The second-order valence-electron chi connectivity index (χ2n) is 7.54. The Bertz CT molecular complexity index is 982. The molecule has 0 saturated carbocycles. The third kappa shape index (κ3) is 4.53. The van der Waals surface area contributed by atoms with Gasteiger partial charge < -0.3 is 14.4 Å². The lowest BCUT2D eigenvalue weighted by atomic mass is 10.1. The zero-order valence-corrected chi connectivity index (χ0v) is 17.9. The largest absolute Gasteiger partial charge is 0.493 e. The highest BCUT2D eigenvalue weighted by Gasteiger charge is 2.36. The summed E-state index contributed by atoms with van der Waals surface area (Å²) in [6.07, 6.45) is 0.123. The number of esters is 1. The average molecular weight is 409 g/mol. The Morgan fingerprint density at radius 2 is 1.93 bits per heavy atom. The Kier molecular flexibility index (Phi) is 6.55. The third-order valence-corrected chi connectivity index (χ3v) is 5.46. The smallest absolute Gasteiger partial charge is 0.311 e. The van der Waals surface area contributed by atoms with Gasteiger partial charge in [0.15, 0.2) is 5.78 Å². The number of aryl methyl sites for hydroxylation is 1. The van der Waals surface area contributed by atoms with E-state index in [1.807, 2.05) is 39.0 Å². The molecule has 6 heteroatoms. The van der Waals surface area contributed by atoms with E-state index in [1.165, 1.54) is 6.92 Å². The van der Waals surface area contributed by atoms with Crippen molar-refractivity contribution in [1.29, 1.82) is 0 Å². The highest BCUT2D eigenvalue weighted by Crippen LogP contribution is 2.30. The first-order chi connectivity index (χ1) is 14.3. The van der Waals surface area contributed by atoms with Crippen molar-refractivity contribution in [2.24, 2.45) is 5.92 Å². The molecule has 1 atom stereocenters. The van der Waals surface area contributed by atoms with Crippen molar-refractivity contribution in [2.75, 3.05) is 18.1 Å². The number of rotatable bonds is 7. The number of carbonyl (C=O) groups is 3. The van der Waals surface area contributed by atoms with Crippen LogP contribution in [0.5, 0.6) is 5.75 Å². The second kappa shape index (κ2) is 9.11. The number of carbonyl (C=O) groups excluding carboxylic acids is 3. The minimum absolute atomic E-state index is 0.0105. The third-order valence-electron chi connectivity index (χ3n) is 5.46. The second-order valence-corrected chi connectivity index (χ2v) is 7.54. The summed E-state index contributed by atoms with van der Waals surface area (Å²) in [5, 5.41) is 0. The van der Waals surface area contributed by atoms with Crippen molar-refractivity contribution in [2.45, 2.75) is 40.7 Å². The minimum Gasteiger partial charge on any atom is -0.493 e. The Labute approximate surface area is 176 Å². The van der Waals surface area contributed by atoms with Crippen LogP contribution in [-0.2, 0) is 20.9 Å². The van der Waals surface area contributed by atoms with Gasteiger partial charge >= 0.3 is 5.97 Å². The number of hydrogen-bond donors (Lipinski definition) is 0. The molecule has 1 saturated heterocycles. The maximum absolute atomic E-state index is 12.7. The van der Waals surface area contributed by atoms with Gasteiger partial charge in [-0.15, -0.1) is 0 Å². The van der Waals surface area contributed by atoms with Crippen LogP contribution < -0.4 is 9.64 Å². The summed E-state index contributed by atoms with van der Waals surface area (Å²) in [5.41, 5.74) is 4.13. The molecule has 2 aromatic carbocycles. The monoisotopic (exact) mass is 409 g/mol. The molecule has 30 heavy (non-hydrogen) atoms. The Morgan fingerprint density at radius 3 is 2.63 bits per heavy atom. The predicted molar refractivity (Wildman–Crippen MR) is 114 cm³/mol. The molecule has 1 amide bonds. The summed E-state index contributed by atoms with van der Waals surface area (Å²) < 4.78 is 11.1. The topological polar surface area (TPSA) is 72.9 Å². The molecule has 0 bridgehead atoms. The van der Waals surface area contributed by atoms with Crippen LogP contribution in [0.2, 0.25) is 0 Å². The van der Waals surface area contributed by atoms with Crippen LogP contribution >= 0.6 is 0 Å². The highest BCUT2D eigenvalue weighted by atomic mass is 16.5. The fourth-order valence-corrected chi connectivity index (χ4v) is 3.60. The molecular weight excluding hydrogens is 382 g/mol. The van der Waals surface area contributed by atoms with Crippen molar-refractivity contribution < 1.29 is 23.9 Å². The molecule has 1 aliphatic rings. The van der Waals surface area contributed by atoms with Gasteiger partial charge in [0.2, 0.25) is 5.91 Å². The first kappa shape index (κ1) is 21.6. The molecule has 158 valence electrons. The van der Waals surface area contributed by atoms with Gasteiger partial charge in [-0.1, -0.05) is 12.1 Å². The van der Waals surface area contributed by atoms with Crippen LogP contribution in [0, 0.1) is 19.8 Å². The zero-order valence-electron chi connectivity index (χ0n) is 17.9. The van der Waals surface area contributed by atoms with E-state index in [-0.39, 0.29) is 24.7 Å². The van der Waals surface area contributed by atoms with E-state index in [2.05, 4.69) is 0 Å². The van der Waals surface area contributed by atoms with E-state index in [0.29, 0.717) is 30.0 Å². The summed E-state index contributed by atoms with van der Waals surface area (Å²) in [4.78, 5) is 38.6. The van der Waals surface area contributed by atoms with E-state index < -0.39 is 11.9 Å². The van der Waals surface area contributed by atoms with E-state index in [9.17, 15) is 14.4 Å². The van der Waals surface area contributed by atoms with Crippen LogP contribution in [0.1, 0.15) is 47.3 Å². The summed E-state index contributed by atoms with van der Waals surface area (Å²) >= 11 is 0. The van der Waals surface area contributed by atoms with E-state index in [1.54, 1.807) is 23.1 Å². The number of benzene rings is 2. The number of ketones is 1. The number of Topliss-reactive ketones (excluding diaryl/α,β-unsaturated/α-hetero) is 1. The number of hydrogen-bond acceptors (Lipinski definition) is 5. The first-order valence-corrected chi connectivity index (χ1v) is 10.1. The fraction of sp³-hybridized carbons (Fsp3) is 0.375. The van der Waals surface area contributed by atoms with Gasteiger partial charge in [0.05, 0.1) is 12.5 Å². The van der Waals surface area contributed by atoms with E-state index in [4.69, 9.17) is 9.47 Å². The SMILES string of the molecule is CCOc1ccc(C(C)=O)cc1COC(=O)[C@@H]1CC(=O)N(c2cccc(C)c2C)C1. The van der Waals surface area contributed by atoms with Crippen molar-refractivity contribution in [1.82, 2.24) is 0 Å². The van der Waals surface area contributed by atoms with E-state index >= 15 is 0 Å². The van der Waals surface area contributed by atoms with Crippen LogP contribution in [-0.4, -0.2) is 30.8 Å². The van der Waals surface area contributed by atoms with Crippen LogP contribution in [0.3, 0.4) is 0 Å². The molecule has 3 rings (SSSR count). The molecule has 0 aliphatic carbocycles. The van der Waals surface area contributed by atoms with Gasteiger partial charge in [0, 0.05) is 29.8 Å². The van der Waals surface area contributed by atoms with Crippen LogP contribution in [0.4, 0.5) is 5.69 Å². The fourth-order valence-electron chi connectivity index (χ4n) is 3.60. The standard InChI is InChI=1S/C24H27NO5/c1-5-29-22-10-9-18(17(4)26)11-20(22)14-30-24(28)19-12-23(27)25(13-19)21-8-6-7-15(2)16(21)3/h6-11,19H,5,12-14H2,1-4H3/t19-/m1/s1.